The molecule has 0 N–H and O–H groups in total. The minimum absolute atomic E-state index is 0.512. The van der Waals surface area contributed by atoms with Crippen LogP contribution < -0.4 is 0 Å². The number of hydrogen-bond donors (Lipinski definition) is 0. The first-order valence-electron chi connectivity index (χ1n) is 9.74. The zero-order valence-corrected chi connectivity index (χ0v) is 16.7. The molecule has 2 nitrogen and oxygen atoms in total. The summed E-state index contributed by atoms with van der Waals surface area (Å²) in [6.45, 7) is 6.62. The second kappa shape index (κ2) is 11.0. The van der Waals surface area contributed by atoms with E-state index in [9.17, 15) is 5.26 Å². The molecule has 23 heavy (non-hydrogen) atoms. The number of rotatable bonds is 2. The molecule has 0 saturated carbocycles. The fourth-order valence-corrected chi connectivity index (χ4v) is 4.83. The van der Waals surface area contributed by atoms with Gasteiger partial charge in [0.15, 0.2) is 8.32 Å². The molecule has 0 spiro atoms. The molecule has 1 rings (SSSR count). The predicted molar refractivity (Wildman–Crippen MR) is 102 cm³/mol. The van der Waals surface area contributed by atoms with Gasteiger partial charge in [-0.1, -0.05) is 44.3 Å². The quantitative estimate of drug-likeness (QED) is 0.413. The Bertz CT molecular complexity index is 380. The van der Waals surface area contributed by atoms with Gasteiger partial charge in [0.2, 0.25) is 0 Å². The Labute approximate surface area is 145 Å². The van der Waals surface area contributed by atoms with Gasteiger partial charge < -0.3 is 4.43 Å². The average Bonchev–Trinajstić information content (AvgIpc) is 2.48. The van der Waals surface area contributed by atoms with Gasteiger partial charge >= 0.3 is 0 Å². The highest BCUT2D eigenvalue weighted by molar-refractivity contribution is 6.69. The van der Waals surface area contributed by atoms with E-state index in [0.29, 0.717) is 0 Å². The highest BCUT2D eigenvalue weighted by Crippen LogP contribution is 2.30. The van der Waals surface area contributed by atoms with Gasteiger partial charge in [-0.15, -0.1) is 0 Å². The Hall–Kier alpha value is -0.593. The van der Waals surface area contributed by atoms with Crippen molar-refractivity contribution in [3.05, 3.63) is 12.2 Å². The summed E-state index contributed by atoms with van der Waals surface area (Å²) in [7, 11) is -1.69. The summed E-state index contributed by atoms with van der Waals surface area (Å²) in [5, 5.41) is 9.83. The highest BCUT2D eigenvalue weighted by atomic mass is 28.4. The summed E-state index contributed by atoms with van der Waals surface area (Å²) in [6.07, 6.45) is 20.2. The van der Waals surface area contributed by atoms with E-state index in [1.54, 1.807) is 0 Å². The molecule has 0 aromatic rings. The van der Waals surface area contributed by atoms with Gasteiger partial charge in [-0.05, 0) is 71.0 Å². The first kappa shape index (κ1) is 20.5. The third-order valence-electron chi connectivity index (χ3n) is 4.52. The molecule has 1 aliphatic rings. The smallest absolute Gasteiger partial charge is 0.185 e. The van der Waals surface area contributed by atoms with Crippen molar-refractivity contribution in [2.24, 2.45) is 0 Å². The molecule has 0 aromatic heterocycles. The molecule has 132 valence electrons. The topological polar surface area (TPSA) is 33.0 Å². The van der Waals surface area contributed by atoms with Gasteiger partial charge in [0.1, 0.15) is 5.60 Å². The molecule has 0 bridgehead atoms. The van der Waals surface area contributed by atoms with Crippen LogP contribution >= 0.6 is 0 Å². The maximum absolute atomic E-state index is 9.83. The molecule has 0 saturated heterocycles. The molecule has 0 amide bonds. The van der Waals surface area contributed by atoms with Gasteiger partial charge in [0.25, 0.3) is 0 Å². The maximum Gasteiger partial charge on any atom is 0.185 e. The third-order valence-corrected chi connectivity index (χ3v) is 5.53. The summed E-state index contributed by atoms with van der Waals surface area (Å²) in [4.78, 5) is 0. The average molecular weight is 336 g/mol. The van der Waals surface area contributed by atoms with Crippen molar-refractivity contribution in [1.29, 1.82) is 5.26 Å². The highest BCUT2D eigenvalue weighted by Gasteiger charge is 2.35. The van der Waals surface area contributed by atoms with Crippen molar-refractivity contribution in [2.75, 3.05) is 0 Å². The lowest BCUT2D eigenvalue weighted by Gasteiger charge is -2.34. The molecule has 0 aromatic carbocycles. The minimum Gasteiger partial charge on any atom is -0.400 e. The van der Waals surface area contributed by atoms with Crippen LogP contribution in [0.5, 0.6) is 0 Å². The summed E-state index contributed by atoms with van der Waals surface area (Å²) in [5.74, 6) is 0. The van der Waals surface area contributed by atoms with Crippen LogP contribution in [0.3, 0.4) is 0 Å². The Morgan fingerprint density at radius 2 is 1.22 bits per heavy atom. The molecule has 1 unspecified atom stereocenters. The molecule has 0 radical (unpaired) electrons. The number of nitriles is 1. The van der Waals surface area contributed by atoms with Crippen LogP contribution in [0.4, 0.5) is 0 Å². The van der Waals surface area contributed by atoms with Crippen LogP contribution in [0.15, 0.2) is 12.2 Å². The van der Waals surface area contributed by atoms with Crippen molar-refractivity contribution in [1.82, 2.24) is 0 Å². The van der Waals surface area contributed by atoms with E-state index in [-0.39, 0.29) is 0 Å². The molecule has 0 fully saturated rings. The fraction of sp³-hybridized carbons (Fsp3) is 0.850. The van der Waals surface area contributed by atoms with Gasteiger partial charge in [-0.25, -0.2) is 0 Å². The van der Waals surface area contributed by atoms with E-state index < -0.39 is 13.9 Å². The van der Waals surface area contributed by atoms with Crippen LogP contribution in [-0.2, 0) is 4.43 Å². The first-order valence-corrected chi connectivity index (χ1v) is 13.1. The molecule has 0 heterocycles. The monoisotopic (exact) mass is 335 g/mol. The van der Waals surface area contributed by atoms with Crippen molar-refractivity contribution in [3.8, 4) is 6.07 Å². The predicted octanol–water partition coefficient (Wildman–Crippen LogP) is 6.74. The van der Waals surface area contributed by atoms with Crippen molar-refractivity contribution >= 4 is 8.32 Å². The lowest BCUT2D eigenvalue weighted by molar-refractivity contribution is 0.0932. The van der Waals surface area contributed by atoms with Crippen LogP contribution in [-0.4, -0.2) is 13.9 Å². The maximum atomic E-state index is 9.83. The zero-order valence-electron chi connectivity index (χ0n) is 15.7. The van der Waals surface area contributed by atoms with E-state index in [1.165, 1.54) is 57.8 Å². The van der Waals surface area contributed by atoms with Gasteiger partial charge in [-0.3, -0.25) is 0 Å². The molecular formula is C20H37NOSi. The standard InChI is InChI=1S/C20H37NOSi/c1-23(2,3)22-20(19-21)17-15-13-11-9-7-5-4-6-8-10-12-14-16-18-20/h4-5H,6-18H2,1-3H3/b5-4-. The summed E-state index contributed by atoms with van der Waals surface area (Å²) in [6, 6.07) is 2.58. The summed E-state index contributed by atoms with van der Waals surface area (Å²) < 4.78 is 6.39. The second-order valence-corrected chi connectivity index (χ2v) is 12.5. The van der Waals surface area contributed by atoms with Gasteiger partial charge in [0, 0.05) is 0 Å². The molecule has 1 atom stereocenters. The Balaban J connectivity index is 2.61. The normalized spacial score (nSPS) is 27.9. The fourth-order valence-electron chi connectivity index (χ4n) is 3.41. The summed E-state index contributed by atoms with van der Waals surface area (Å²) in [5.41, 5.74) is -0.512. The Morgan fingerprint density at radius 3 is 1.65 bits per heavy atom. The minimum atomic E-state index is -1.69. The van der Waals surface area contributed by atoms with E-state index in [4.69, 9.17) is 4.43 Å². The van der Waals surface area contributed by atoms with Crippen molar-refractivity contribution in [2.45, 2.75) is 109 Å². The second-order valence-electron chi connectivity index (χ2n) is 8.05. The number of nitrogens with zero attached hydrogens (tertiary/aromatic N) is 1. The van der Waals surface area contributed by atoms with E-state index in [1.807, 2.05) is 0 Å². The SMILES string of the molecule is C[Si](C)(C)OC1(C#N)CCCCCC/C=C\CCCCCCC1. The van der Waals surface area contributed by atoms with Crippen LogP contribution in [0, 0.1) is 11.3 Å². The Morgan fingerprint density at radius 1 is 0.783 bits per heavy atom. The van der Waals surface area contributed by atoms with E-state index in [0.717, 1.165) is 25.7 Å². The molecular weight excluding hydrogens is 298 g/mol. The first-order chi connectivity index (χ1) is 11.0. The number of hydrogen-bond acceptors (Lipinski definition) is 2. The van der Waals surface area contributed by atoms with Crippen LogP contribution in [0.1, 0.15) is 83.5 Å². The molecule has 0 aliphatic heterocycles. The largest absolute Gasteiger partial charge is 0.400 e. The van der Waals surface area contributed by atoms with Gasteiger partial charge in [-0.2, -0.15) is 5.26 Å². The van der Waals surface area contributed by atoms with E-state index >= 15 is 0 Å². The van der Waals surface area contributed by atoms with Crippen LogP contribution in [0.2, 0.25) is 19.6 Å². The molecule has 3 heteroatoms. The molecule has 1 aliphatic carbocycles. The van der Waals surface area contributed by atoms with Crippen LogP contribution in [0.25, 0.3) is 0 Å². The Kier molecular flexibility index (Phi) is 9.82. The van der Waals surface area contributed by atoms with E-state index in [2.05, 4.69) is 37.9 Å². The van der Waals surface area contributed by atoms with Crippen molar-refractivity contribution in [3.63, 3.8) is 0 Å². The zero-order chi connectivity index (χ0) is 17.0. The van der Waals surface area contributed by atoms with Gasteiger partial charge in [0.05, 0.1) is 6.07 Å². The van der Waals surface area contributed by atoms with Crippen molar-refractivity contribution < 1.29 is 4.43 Å². The number of allylic oxidation sites excluding steroid dienone is 2. The lowest BCUT2D eigenvalue weighted by atomic mass is 9.91. The summed E-state index contributed by atoms with van der Waals surface area (Å²) >= 11 is 0. The third kappa shape index (κ3) is 9.99. The lowest BCUT2D eigenvalue weighted by Crippen LogP contribution is -2.42.